The second-order valence-electron chi connectivity index (χ2n) is 9.05. The lowest BCUT2D eigenvalue weighted by Crippen LogP contribution is -2.47. The summed E-state index contributed by atoms with van der Waals surface area (Å²) in [5.41, 5.74) is 3.55. The van der Waals surface area contributed by atoms with E-state index in [0.29, 0.717) is 22.8 Å². The largest absolute Gasteiger partial charge is 0.325 e. The number of ketones is 1. The van der Waals surface area contributed by atoms with Gasteiger partial charge in [0.2, 0.25) is 5.91 Å². The molecule has 2 bridgehead atoms. The van der Waals surface area contributed by atoms with Gasteiger partial charge in [-0.3, -0.25) is 15.0 Å². The summed E-state index contributed by atoms with van der Waals surface area (Å²) < 4.78 is 0. The van der Waals surface area contributed by atoms with E-state index in [1.54, 1.807) is 6.07 Å². The lowest BCUT2D eigenvalue weighted by molar-refractivity contribution is -0.139. The first-order chi connectivity index (χ1) is 14.1. The highest BCUT2D eigenvalue weighted by atomic mass is 35.5. The third-order valence-electron chi connectivity index (χ3n) is 7.46. The van der Waals surface area contributed by atoms with Gasteiger partial charge in [-0.2, -0.15) is 5.10 Å². The smallest absolute Gasteiger partial charge is 0.239 e. The molecule has 2 aliphatic rings. The van der Waals surface area contributed by atoms with Crippen molar-refractivity contribution in [1.82, 2.24) is 0 Å². The number of hydrazone groups is 1. The van der Waals surface area contributed by atoms with Crippen LogP contribution in [-0.4, -0.2) is 17.4 Å². The van der Waals surface area contributed by atoms with Crippen molar-refractivity contribution in [3.8, 4) is 0 Å². The van der Waals surface area contributed by atoms with E-state index in [1.807, 2.05) is 70.2 Å². The van der Waals surface area contributed by atoms with E-state index < -0.39 is 16.2 Å². The van der Waals surface area contributed by atoms with E-state index >= 15 is 0 Å². The van der Waals surface area contributed by atoms with Gasteiger partial charge in [-0.25, -0.2) is 0 Å². The number of carbonyl (C=O) groups excluding carboxylic acids is 2. The van der Waals surface area contributed by atoms with Gasteiger partial charge >= 0.3 is 0 Å². The molecule has 0 heterocycles. The first-order valence-electron chi connectivity index (χ1n) is 10.2. The monoisotopic (exact) mass is 423 g/mol. The fourth-order valence-electron chi connectivity index (χ4n) is 5.01. The summed E-state index contributed by atoms with van der Waals surface area (Å²) in [5.74, 6) is -0.480. The Kier molecular flexibility index (Phi) is 4.77. The van der Waals surface area contributed by atoms with E-state index in [2.05, 4.69) is 15.8 Å². The number of carbonyl (C=O) groups is 2. The number of nitrogens with zero attached hydrogens (tertiary/aromatic N) is 1. The van der Waals surface area contributed by atoms with Crippen LogP contribution in [-0.2, 0) is 9.59 Å². The van der Waals surface area contributed by atoms with Crippen molar-refractivity contribution in [2.24, 2.45) is 21.3 Å². The number of benzene rings is 2. The van der Waals surface area contributed by atoms with Gasteiger partial charge in [0.25, 0.3) is 0 Å². The predicted octanol–water partition coefficient (Wildman–Crippen LogP) is 5.45. The van der Waals surface area contributed by atoms with Crippen LogP contribution in [0.1, 0.15) is 39.2 Å². The third kappa shape index (κ3) is 2.72. The Balaban J connectivity index is 1.69. The topological polar surface area (TPSA) is 70.6 Å². The number of halogens is 1. The Morgan fingerprint density at radius 1 is 1.03 bits per heavy atom. The Morgan fingerprint density at radius 3 is 2.40 bits per heavy atom. The number of Topliss-reactive ketones (excluding diaryl/α,β-unsaturated/α-hetero) is 1. The minimum absolute atomic E-state index is 0.194. The van der Waals surface area contributed by atoms with E-state index in [4.69, 9.17) is 11.6 Å². The molecule has 5 nitrogen and oxygen atoms in total. The molecule has 2 aromatic carbocycles. The number of fused-ring (bicyclic) bond motifs is 2. The van der Waals surface area contributed by atoms with Crippen LogP contribution in [0.4, 0.5) is 11.4 Å². The third-order valence-corrected chi connectivity index (χ3v) is 7.87. The van der Waals surface area contributed by atoms with Crippen LogP contribution in [0, 0.1) is 23.2 Å². The number of para-hydroxylation sites is 1. The van der Waals surface area contributed by atoms with Gasteiger partial charge in [0, 0.05) is 16.1 Å². The molecule has 0 aromatic heterocycles. The molecule has 0 saturated heterocycles. The lowest BCUT2D eigenvalue weighted by atomic mass is 9.64. The molecule has 2 aliphatic carbocycles. The van der Waals surface area contributed by atoms with Gasteiger partial charge in [-0.15, -0.1) is 0 Å². The Morgan fingerprint density at radius 2 is 1.73 bits per heavy atom. The van der Waals surface area contributed by atoms with E-state index in [0.717, 1.165) is 17.7 Å². The van der Waals surface area contributed by atoms with Crippen molar-refractivity contribution >= 4 is 40.4 Å². The van der Waals surface area contributed by atoms with Crippen molar-refractivity contribution in [3.05, 3.63) is 59.1 Å². The second kappa shape index (κ2) is 6.95. The highest BCUT2D eigenvalue weighted by Gasteiger charge is 2.76. The molecule has 0 aliphatic heterocycles. The Hall–Kier alpha value is -2.66. The number of hydrogen-bond acceptors (Lipinski definition) is 4. The van der Waals surface area contributed by atoms with E-state index in [-0.39, 0.29) is 11.7 Å². The molecule has 2 saturated carbocycles. The fourth-order valence-corrected chi connectivity index (χ4v) is 5.19. The predicted molar refractivity (Wildman–Crippen MR) is 121 cm³/mol. The van der Waals surface area contributed by atoms with Crippen molar-refractivity contribution in [3.63, 3.8) is 0 Å². The summed E-state index contributed by atoms with van der Waals surface area (Å²) in [6.07, 6.45) is 1.23. The van der Waals surface area contributed by atoms with Gasteiger partial charge in [0.1, 0.15) is 11.1 Å². The van der Waals surface area contributed by atoms with Crippen LogP contribution >= 0.6 is 11.6 Å². The normalized spacial score (nSPS) is 28.0. The number of amides is 1. The van der Waals surface area contributed by atoms with Crippen LogP contribution < -0.4 is 10.7 Å². The number of anilines is 2. The van der Waals surface area contributed by atoms with Gasteiger partial charge in [-0.1, -0.05) is 56.6 Å². The summed E-state index contributed by atoms with van der Waals surface area (Å²) in [6, 6.07) is 14.9. The average molecular weight is 424 g/mol. The molecule has 0 spiro atoms. The van der Waals surface area contributed by atoms with Crippen molar-refractivity contribution < 1.29 is 9.59 Å². The number of rotatable bonds is 4. The number of aryl methyl sites for hydroxylation is 1. The summed E-state index contributed by atoms with van der Waals surface area (Å²) in [7, 11) is 0. The molecule has 2 N–H and O–H groups in total. The van der Waals surface area contributed by atoms with Gasteiger partial charge < -0.3 is 5.32 Å². The zero-order chi connectivity index (χ0) is 21.7. The maximum atomic E-state index is 13.6. The zero-order valence-electron chi connectivity index (χ0n) is 17.7. The first kappa shape index (κ1) is 20.6. The summed E-state index contributed by atoms with van der Waals surface area (Å²) in [4.78, 5) is 27.2. The summed E-state index contributed by atoms with van der Waals surface area (Å²) in [6.45, 7) is 7.96. The second-order valence-corrected chi connectivity index (χ2v) is 9.46. The fraction of sp³-hybridized carbons (Fsp3) is 0.375. The molecule has 2 unspecified atom stereocenters. The molecule has 4 rings (SSSR count). The van der Waals surface area contributed by atoms with Gasteiger partial charge in [0.15, 0.2) is 5.78 Å². The SMILES string of the molecule is Cc1ccc(NC(=O)C23CCC(C)(/C(=N/Nc4ccccc4)C2=O)C3(C)C)cc1Cl. The Bertz CT molecular complexity index is 1060. The molecule has 2 fully saturated rings. The molecule has 6 heteroatoms. The molecule has 2 aromatic rings. The average Bonchev–Trinajstić information content (AvgIpc) is 2.99. The maximum absolute atomic E-state index is 13.6. The van der Waals surface area contributed by atoms with Crippen LogP contribution in [0.5, 0.6) is 0 Å². The lowest BCUT2D eigenvalue weighted by Gasteiger charge is -2.37. The molecule has 156 valence electrons. The Labute approximate surface area is 181 Å². The van der Waals surface area contributed by atoms with Gasteiger partial charge in [-0.05, 0) is 55.0 Å². The van der Waals surface area contributed by atoms with Crippen LogP contribution in [0.2, 0.25) is 5.02 Å². The van der Waals surface area contributed by atoms with Crippen LogP contribution in [0.25, 0.3) is 0 Å². The summed E-state index contributed by atoms with van der Waals surface area (Å²) in [5, 5.41) is 8.03. The molecule has 1 amide bonds. The van der Waals surface area contributed by atoms with Crippen molar-refractivity contribution in [2.75, 3.05) is 10.7 Å². The molecule has 30 heavy (non-hydrogen) atoms. The van der Waals surface area contributed by atoms with Crippen LogP contribution in [0.3, 0.4) is 0 Å². The van der Waals surface area contributed by atoms with Crippen molar-refractivity contribution in [2.45, 2.75) is 40.5 Å². The molecular weight excluding hydrogens is 398 g/mol. The van der Waals surface area contributed by atoms with Crippen molar-refractivity contribution in [1.29, 1.82) is 0 Å². The van der Waals surface area contributed by atoms with E-state index in [1.165, 1.54) is 0 Å². The minimum atomic E-state index is -1.16. The minimum Gasteiger partial charge on any atom is -0.325 e. The number of nitrogens with one attached hydrogen (secondary N) is 2. The molecular formula is C24H26ClN3O2. The van der Waals surface area contributed by atoms with Gasteiger partial charge in [0.05, 0.1) is 5.69 Å². The number of hydrogen-bond donors (Lipinski definition) is 2. The highest BCUT2D eigenvalue weighted by molar-refractivity contribution is 6.51. The maximum Gasteiger partial charge on any atom is 0.239 e. The molecule has 0 radical (unpaired) electrons. The summed E-state index contributed by atoms with van der Waals surface area (Å²) >= 11 is 6.22. The highest BCUT2D eigenvalue weighted by Crippen LogP contribution is 2.69. The quantitative estimate of drug-likeness (QED) is 0.507. The molecule has 2 atom stereocenters. The van der Waals surface area contributed by atoms with Crippen LogP contribution in [0.15, 0.2) is 53.6 Å². The zero-order valence-corrected chi connectivity index (χ0v) is 18.4. The standard InChI is InChI=1S/C24H26ClN3O2/c1-15-10-11-17(14-18(15)25)26-21(30)24-13-12-23(4,22(24,2)3)19(20(24)29)28-27-16-8-6-5-7-9-16/h5-11,14,27H,12-13H2,1-4H3,(H,26,30)/b28-19+. The van der Waals surface area contributed by atoms with E-state index in [9.17, 15) is 9.59 Å². The first-order valence-corrected chi connectivity index (χ1v) is 10.5.